The van der Waals surface area contributed by atoms with Crippen molar-refractivity contribution >= 4 is 11.4 Å². The summed E-state index contributed by atoms with van der Waals surface area (Å²) in [7, 11) is 0. The second-order valence-electron chi connectivity index (χ2n) is 7.94. The van der Waals surface area contributed by atoms with Crippen molar-refractivity contribution in [1.82, 2.24) is 0 Å². The lowest BCUT2D eigenvalue weighted by molar-refractivity contribution is 0.483. The van der Waals surface area contributed by atoms with E-state index >= 15 is 0 Å². The highest BCUT2D eigenvalue weighted by Crippen LogP contribution is 2.37. The van der Waals surface area contributed by atoms with Gasteiger partial charge in [0, 0.05) is 11.4 Å². The summed E-state index contributed by atoms with van der Waals surface area (Å²) in [6, 6.07) is 39.3. The van der Waals surface area contributed by atoms with E-state index in [0.717, 1.165) is 45.3 Å². The fourth-order valence-corrected chi connectivity index (χ4v) is 3.74. The van der Waals surface area contributed by atoms with Crippen molar-refractivity contribution in [1.29, 1.82) is 0 Å². The Bertz CT molecular complexity index is 1380. The topological polar surface area (TPSA) is 70.5 Å². The Balaban J connectivity index is 1.48. The molecule has 4 heteroatoms. The zero-order valence-corrected chi connectivity index (χ0v) is 18.5. The van der Waals surface area contributed by atoms with Gasteiger partial charge in [0.25, 0.3) is 0 Å². The number of ether oxygens (including phenoxy) is 2. The summed E-state index contributed by atoms with van der Waals surface area (Å²) in [5, 5.41) is 0. The van der Waals surface area contributed by atoms with Gasteiger partial charge in [0.1, 0.15) is 23.0 Å². The minimum absolute atomic E-state index is 0.703. The lowest BCUT2D eigenvalue weighted by atomic mass is 9.94. The molecule has 0 aliphatic rings. The molecule has 5 aromatic carbocycles. The largest absolute Gasteiger partial charge is 0.457 e. The van der Waals surface area contributed by atoms with E-state index in [4.69, 9.17) is 20.9 Å². The van der Waals surface area contributed by atoms with Crippen LogP contribution in [0.5, 0.6) is 23.0 Å². The number of rotatable bonds is 6. The molecule has 0 radical (unpaired) electrons. The predicted octanol–water partition coefficient (Wildman–Crippen LogP) is 7.77. The summed E-state index contributed by atoms with van der Waals surface area (Å²) in [6.07, 6.45) is 0. The van der Waals surface area contributed by atoms with Crippen LogP contribution >= 0.6 is 0 Å². The first-order valence-corrected chi connectivity index (χ1v) is 11.0. The van der Waals surface area contributed by atoms with Gasteiger partial charge in [-0.3, -0.25) is 0 Å². The third kappa shape index (κ3) is 4.87. The highest BCUT2D eigenvalue weighted by molar-refractivity contribution is 5.84. The molecule has 5 rings (SSSR count). The lowest BCUT2D eigenvalue weighted by Gasteiger charge is -2.14. The molecular weight excluding hydrogens is 420 g/mol. The van der Waals surface area contributed by atoms with Crippen molar-refractivity contribution in [2.75, 3.05) is 11.5 Å². The molecule has 0 amide bonds. The average Bonchev–Trinajstić information content (AvgIpc) is 2.88. The van der Waals surface area contributed by atoms with Crippen LogP contribution in [0.3, 0.4) is 0 Å². The number of anilines is 2. The van der Waals surface area contributed by atoms with Gasteiger partial charge < -0.3 is 20.9 Å². The maximum Gasteiger partial charge on any atom is 0.128 e. The lowest BCUT2D eigenvalue weighted by Crippen LogP contribution is -1.90. The third-order valence-electron chi connectivity index (χ3n) is 5.47. The van der Waals surface area contributed by atoms with E-state index in [2.05, 4.69) is 36.4 Å². The molecule has 4 nitrogen and oxygen atoms in total. The molecular formula is C30H24N2O2. The van der Waals surface area contributed by atoms with Crippen LogP contribution in [-0.4, -0.2) is 0 Å². The van der Waals surface area contributed by atoms with Crippen LogP contribution in [0.2, 0.25) is 0 Å². The summed E-state index contributed by atoms with van der Waals surface area (Å²) in [6.45, 7) is 0. The van der Waals surface area contributed by atoms with E-state index in [9.17, 15) is 0 Å². The van der Waals surface area contributed by atoms with Crippen LogP contribution in [-0.2, 0) is 0 Å². The Morgan fingerprint density at radius 3 is 1.38 bits per heavy atom. The van der Waals surface area contributed by atoms with Crippen molar-refractivity contribution in [3.8, 4) is 45.3 Å². The molecule has 0 saturated heterocycles. The molecule has 0 unspecified atom stereocenters. The molecule has 0 aliphatic heterocycles. The van der Waals surface area contributed by atoms with Crippen LogP contribution in [0.15, 0.2) is 121 Å². The molecule has 0 atom stereocenters. The second kappa shape index (κ2) is 9.43. The third-order valence-corrected chi connectivity index (χ3v) is 5.47. The van der Waals surface area contributed by atoms with Gasteiger partial charge in [0.2, 0.25) is 0 Å². The summed E-state index contributed by atoms with van der Waals surface area (Å²) in [5.41, 5.74) is 17.4. The van der Waals surface area contributed by atoms with Crippen molar-refractivity contribution in [3.05, 3.63) is 121 Å². The standard InChI is InChI=1S/C30H24N2O2/c31-23-8-14-26(15-9-23)33-25-12-6-22(7-13-25)30-20-28(34-27-16-10-24(32)11-17-27)18-19-29(30)21-4-2-1-3-5-21/h1-20H,31-32H2. The van der Waals surface area contributed by atoms with Gasteiger partial charge in [-0.2, -0.15) is 0 Å². The second-order valence-corrected chi connectivity index (χ2v) is 7.94. The first-order chi connectivity index (χ1) is 16.6. The summed E-state index contributed by atoms with van der Waals surface area (Å²) < 4.78 is 12.1. The van der Waals surface area contributed by atoms with E-state index in [1.165, 1.54) is 0 Å². The Morgan fingerprint density at radius 1 is 0.382 bits per heavy atom. The van der Waals surface area contributed by atoms with E-state index in [1.54, 1.807) is 0 Å². The van der Waals surface area contributed by atoms with Gasteiger partial charge >= 0.3 is 0 Å². The monoisotopic (exact) mass is 444 g/mol. The van der Waals surface area contributed by atoms with E-state index in [0.29, 0.717) is 11.4 Å². The Kier molecular flexibility index (Phi) is 5.87. The van der Waals surface area contributed by atoms with Crippen LogP contribution in [0.1, 0.15) is 0 Å². The molecule has 0 saturated carbocycles. The highest BCUT2D eigenvalue weighted by Gasteiger charge is 2.11. The number of hydrogen-bond donors (Lipinski definition) is 2. The quantitative estimate of drug-likeness (QED) is 0.262. The molecule has 0 heterocycles. The maximum absolute atomic E-state index is 6.11. The number of benzene rings is 5. The molecule has 0 spiro atoms. The van der Waals surface area contributed by atoms with E-state index < -0.39 is 0 Å². The van der Waals surface area contributed by atoms with Gasteiger partial charge in [0.05, 0.1) is 0 Å². The first-order valence-electron chi connectivity index (χ1n) is 11.0. The summed E-state index contributed by atoms with van der Waals surface area (Å²) in [5.74, 6) is 2.98. The zero-order valence-electron chi connectivity index (χ0n) is 18.5. The van der Waals surface area contributed by atoms with Gasteiger partial charge in [-0.15, -0.1) is 0 Å². The minimum atomic E-state index is 0.703. The van der Waals surface area contributed by atoms with Crippen molar-refractivity contribution < 1.29 is 9.47 Å². The maximum atomic E-state index is 6.11. The van der Waals surface area contributed by atoms with Crippen LogP contribution in [0, 0.1) is 0 Å². The average molecular weight is 445 g/mol. The van der Waals surface area contributed by atoms with Crippen molar-refractivity contribution in [2.45, 2.75) is 0 Å². The van der Waals surface area contributed by atoms with Gasteiger partial charge in [-0.1, -0.05) is 48.5 Å². The van der Waals surface area contributed by atoms with Crippen molar-refractivity contribution in [3.63, 3.8) is 0 Å². The van der Waals surface area contributed by atoms with Crippen LogP contribution in [0.4, 0.5) is 11.4 Å². The molecule has 0 bridgehead atoms. The van der Waals surface area contributed by atoms with Crippen molar-refractivity contribution in [2.24, 2.45) is 0 Å². The highest BCUT2D eigenvalue weighted by atomic mass is 16.5. The Morgan fingerprint density at radius 2 is 0.824 bits per heavy atom. The molecule has 4 N–H and O–H groups in total. The predicted molar refractivity (Wildman–Crippen MR) is 139 cm³/mol. The first kappa shape index (κ1) is 21.2. The SMILES string of the molecule is Nc1ccc(Oc2ccc(-c3cc(Oc4ccc(N)cc4)ccc3-c3ccccc3)cc2)cc1. The van der Waals surface area contributed by atoms with E-state index in [1.807, 2.05) is 84.9 Å². The molecule has 166 valence electrons. The summed E-state index contributed by atoms with van der Waals surface area (Å²) >= 11 is 0. The van der Waals surface area contributed by atoms with Gasteiger partial charge in [-0.05, 0) is 95.1 Å². The number of hydrogen-bond acceptors (Lipinski definition) is 4. The van der Waals surface area contributed by atoms with E-state index in [-0.39, 0.29) is 0 Å². The molecule has 5 aromatic rings. The Labute approximate surface area is 199 Å². The fraction of sp³-hybridized carbons (Fsp3) is 0. The Hall–Kier alpha value is -4.70. The summed E-state index contributed by atoms with van der Waals surface area (Å²) in [4.78, 5) is 0. The normalized spacial score (nSPS) is 10.6. The molecule has 0 fully saturated rings. The fourth-order valence-electron chi connectivity index (χ4n) is 3.74. The van der Waals surface area contributed by atoms with Gasteiger partial charge in [-0.25, -0.2) is 0 Å². The van der Waals surface area contributed by atoms with Crippen LogP contribution < -0.4 is 20.9 Å². The molecule has 0 aromatic heterocycles. The molecule has 34 heavy (non-hydrogen) atoms. The minimum Gasteiger partial charge on any atom is -0.457 e. The number of nitrogens with two attached hydrogens (primary N) is 2. The van der Waals surface area contributed by atoms with Crippen LogP contribution in [0.25, 0.3) is 22.3 Å². The smallest absolute Gasteiger partial charge is 0.128 e. The number of nitrogen functional groups attached to an aromatic ring is 2. The van der Waals surface area contributed by atoms with Gasteiger partial charge in [0.15, 0.2) is 0 Å². The molecule has 0 aliphatic carbocycles. The zero-order chi connectivity index (χ0) is 23.3.